The molecular weight excluding hydrogens is 118 g/mol. The largest absolute Gasteiger partial charge is 0.445 e. The van der Waals surface area contributed by atoms with Crippen molar-refractivity contribution in [3.63, 3.8) is 0 Å². The highest BCUT2D eigenvalue weighted by Gasteiger charge is 2.17. The molecule has 0 saturated carbocycles. The van der Waals surface area contributed by atoms with E-state index in [1.54, 1.807) is 6.92 Å². The Morgan fingerprint density at radius 1 is 1.78 bits per heavy atom. The van der Waals surface area contributed by atoms with Crippen LogP contribution in [0.1, 0.15) is 27.2 Å². The highest BCUT2D eigenvalue weighted by Crippen LogP contribution is 2.05. The number of hydrogen-bond donors (Lipinski definition) is 1. The summed E-state index contributed by atoms with van der Waals surface area (Å²) in [5.74, 6) is -0.332. The Morgan fingerprint density at radius 3 is 2.33 bits per heavy atom. The van der Waals surface area contributed by atoms with Gasteiger partial charge in [-0.1, -0.05) is 6.92 Å². The van der Waals surface area contributed by atoms with Gasteiger partial charge >= 0.3 is 5.97 Å². The van der Waals surface area contributed by atoms with Crippen LogP contribution in [0.4, 0.5) is 0 Å². The minimum Gasteiger partial charge on any atom is -0.445 e. The molecule has 0 aromatic rings. The summed E-state index contributed by atoms with van der Waals surface area (Å²) in [7, 11) is 0. The Morgan fingerprint density at radius 2 is 2.22 bits per heavy atom. The number of hydrogen-bond acceptors (Lipinski definition) is 3. The summed E-state index contributed by atoms with van der Waals surface area (Å²) in [6.07, 6.45) is 0.632. The van der Waals surface area contributed by atoms with Gasteiger partial charge in [0.1, 0.15) is 0 Å². The number of carbonyl (C=O) groups is 1. The molecule has 0 amide bonds. The SMILES string of the molecule is CC[C@](C)(N)OC(C)=O. The molecule has 3 heteroatoms. The summed E-state index contributed by atoms with van der Waals surface area (Å²) in [5, 5.41) is 0. The molecule has 54 valence electrons. The summed E-state index contributed by atoms with van der Waals surface area (Å²) in [6, 6.07) is 0. The van der Waals surface area contributed by atoms with Gasteiger partial charge in [-0.3, -0.25) is 10.5 Å². The zero-order chi connectivity index (χ0) is 7.49. The fourth-order valence-corrected chi connectivity index (χ4v) is 0.401. The fraction of sp³-hybridized carbons (Fsp3) is 0.833. The molecule has 0 radical (unpaired) electrons. The Labute approximate surface area is 55.2 Å². The topological polar surface area (TPSA) is 52.3 Å². The third kappa shape index (κ3) is 3.97. The summed E-state index contributed by atoms with van der Waals surface area (Å²) in [4.78, 5) is 10.3. The molecule has 1 atom stereocenters. The predicted molar refractivity (Wildman–Crippen MR) is 34.6 cm³/mol. The fourth-order valence-electron chi connectivity index (χ4n) is 0.401. The lowest BCUT2D eigenvalue weighted by Crippen LogP contribution is -2.39. The second kappa shape index (κ2) is 2.82. The maximum absolute atomic E-state index is 10.3. The van der Waals surface area contributed by atoms with Crippen LogP contribution in [0.15, 0.2) is 0 Å². The highest BCUT2D eigenvalue weighted by molar-refractivity contribution is 5.66. The van der Waals surface area contributed by atoms with E-state index in [4.69, 9.17) is 10.5 Å². The second-order valence-electron chi connectivity index (χ2n) is 2.26. The number of esters is 1. The zero-order valence-corrected chi connectivity index (χ0v) is 6.10. The highest BCUT2D eigenvalue weighted by atomic mass is 16.6. The lowest BCUT2D eigenvalue weighted by molar-refractivity contribution is -0.154. The van der Waals surface area contributed by atoms with Gasteiger partial charge in [0.05, 0.1) is 0 Å². The monoisotopic (exact) mass is 131 g/mol. The molecule has 2 N–H and O–H groups in total. The van der Waals surface area contributed by atoms with Crippen molar-refractivity contribution in [1.29, 1.82) is 0 Å². The van der Waals surface area contributed by atoms with E-state index in [9.17, 15) is 4.79 Å². The summed E-state index contributed by atoms with van der Waals surface area (Å²) >= 11 is 0. The van der Waals surface area contributed by atoms with Gasteiger partial charge in [0, 0.05) is 6.92 Å². The second-order valence-corrected chi connectivity index (χ2v) is 2.26. The van der Waals surface area contributed by atoms with Gasteiger partial charge in [-0.25, -0.2) is 0 Å². The standard InChI is InChI=1S/C6H13NO2/c1-4-6(3,7)9-5(2)8/h4,7H2,1-3H3/t6-/m1/s1. The van der Waals surface area contributed by atoms with Crippen molar-refractivity contribution in [2.24, 2.45) is 5.73 Å². The lowest BCUT2D eigenvalue weighted by Gasteiger charge is -2.21. The summed E-state index contributed by atoms with van der Waals surface area (Å²) in [5.41, 5.74) is 4.69. The van der Waals surface area contributed by atoms with Crippen molar-refractivity contribution in [3.8, 4) is 0 Å². The quantitative estimate of drug-likeness (QED) is 0.442. The van der Waals surface area contributed by atoms with Gasteiger partial charge in [0.25, 0.3) is 0 Å². The molecule has 0 aliphatic rings. The van der Waals surface area contributed by atoms with Crippen LogP contribution >= 0.6 is 0 Å². The smallest absolute Gasteiger partial charge is 0.304 e. The average molecular weight is 131 g/mol. The van der Waals surface area contributed by atoms with Gasteiger partial charge in [0.15, 0.2) is 5.72 Å². The maximum Gasteiger partial charge on any atom is 0.304 e. The molecule has 0 fully saturated rings. The van der Waals surface area contributed by atoms with Crippen LogP contribution in [0, 0.1) is 0 Å². The molecule has 0 heterocycles. The van der Waals surface area contributed by atoms with Crippen LogP contribution in [0.25, 0.3) is 0 Å². The maximum atomic E-state index is 10.3. The Hall–Kier alpha value is -0.570. The lowest BCUT2D eigenvalue weighted by atomic mass is 10.2. The number of rotatable bonds is 2. The minimum absolute atomic E-state index is 0.332. The number of nitrogens with two attached hydrogens (primary N) is 1. The molecule has 0 spiro atoms. The first-order valence-electron chi connectivity index (χ1n) is 2.96. The van der Waals surface area contributed by atoms with E-state index in [0.717, 1.165) is 0 Å². The van der Waals surface area contributed by atoms with Crippen LogP contribution in [-0.2, 0) is 9.53 Å². The molecule has 0 unspecified atom stereocenters. The Kier molecular flexibility index (Phi) is 2.65. The third-order valence-corrected chi connectivity index (χ3v) is 1.08. The number of ether oxygens (including phenoxy) is 1. The van der Waals surface area contributed by atoms with E-state index in [1.807, 2.05) is 6.92 Å². The van der Waals surface area contributed by atoms with E-state index in [-0.39, 0.29) is 5.97 Å². The molecule has 0 rings (SSSR count). The van der Waals surface area contributed by atoms with Crippen molar-refractivity contribution in [1.82, 2.24) is 0 Å². The van der Waals surface area contributed by atoms with Crippen molar-refractivity contribution >= 4 is 5.97 Å². The molecule has 0 saturated heterocycles. The molecule has 0 aliphatic heterocycles. The zero-order valence-electron chi connectivity index (χ0n) is 6.10. The van der Waals surface area contributed by atoms with E-state index in [2.05, 4.69) is 0 Å². The first kappa shape index (κ1) is 8.43. The molecule has 0 aromatic carbocycles. The van der Waals surface area contributed by atoms with Crippen LogP contribution in [0.5, 0.6) is 0 Å². The van der Waals surface area contributed by atoms with Crippen LogP contribution in [0.2, 0.25) is 0 Å². The first-order valence-corrected chi connectivity index (χ1v) is 2.96. The van der Waals surface area contributed by atoms with Gasteiger partial charge in [-0.15, -0.1) is 0 Å². The molecule has 3 nitrogen and oxygen atoms in total. The summed E-state index contributed by atoms with van der Waals surface area (Å²) < 4.78 is 4.73. The third-order valence-electron chi connectivity index (χ3n) is 1.08. The normalized spacial score (nSPS) is 16.4. The molecule has 9 heavy (non-hydrogen) atoms. The van der Waals surface area contributed by atoms with Gasteiger partial charge < -0.3 is 4.74 Å². The van der Waals surface area contributed by atoms with Gasteiger partial charge in [-0.2, -0.15) is 0 Å². The van der Waals surface area contributed by atoms with Crippen LogP contribution in [0.3, 0.4) is 0 Å². The van der Waals surface area contributed by atoms with Crippen molar-refractivity contribution in [3.05, 3.63) is 0 Å². The van der Waals surface area contributed by atoms with Crippen LogP contribution < -0.4 is 5.73 Å². The van der Waals surface area contributed by atoms with E-state index < -0.39 is 5.72 Å². The molecule has 0 aromatic heterocycles. The first-order chi connectivity index (χ1) is 3.98. The van der Waals surface area contributed by atoms with Crippen LogP contribution in [-0.4, -0.2) is 11.7 Å². The Bertz CT molecular complexity index is 110. The van der Waals surface area contributed by atoms with Crippen molar-refractivity contribution in [2.75, 3.05) is 0 Å². The molecular formula is C6H13NO2. The van der Waals surface area contributed by atoms with E-state index in [0.29, 0.717) is 6.42 Å². The number of carbonyl (C=O) groups excluding carboxylic acids is 1. The molecule has 0 bridgehead atoms. The van der Waals surface area contributed by atoms with Gasteiger partial charge in [-0.05, 0) is 13.3 Å². The van der Waals surface area contributed by atoms with Crippen molar-refractivity contribution < 1.29 is 9.53 Å². The average Bonchev–Trinajstić information content (AvgIpc) is 1.63. The molecule has 0 aliphatic carbocycles. The Balaban J connectivity index is 3.71. The predicted octanol–water partition coefficient (Wildman–Crippen LogP) is 0.634. The van der Waals surface area contributed by atoms with E-state index in [1.165, 1.54) is 6.92 Å². The minimum atomic E-state index is -0.786. The van der Waals surface area contributed by atoms with Gasteiger partial charge in [0.2, 0.25) is 0 Å². The van der Waals surface area contributed by atoms with E-state index >= 15 is 0 Å². The summed E-state index contributed by atoms with van der Waals surface area (Å²) in [6.45, 7) is 4.89. The van der Waals surface area contributed by atoms with Crippen molar-refractivity contribution in [2.45, 2.75) is 32.9 Å².